The third kappa shape index (κ3) is 6.56. The number of benzene rings is 1. The number of anilines is 1. The van der Waals surface area contributed by atoms with Crippen LogP contribution in [0.25, 0.3) is 0 Å². The Hall–Kier alpha value is -1.65. The number of rotatable bonds is 11. The van der Waals surface area contributed by atoms with Crippen molar-refractivity contribution in [3.63, 3.8) is 0 Å². The van der Waals surface area contributed by atoms with Gasteiger partial charge in [-0.05, 0) is 18.6 Å². The summed E-state index contributed by atoms with van der Waals surface area (Å²) in [5.41, 5.74) is -0.194. The molecular weight excluding hydrogens is 271 g/mol. The molecule has 0 aromatic heterocycles. The highest BCUT2D eigenvalue weighted by molar-refractivity contribution is 5.61. The normalized spacial score (nSPS) is 10.6. The second-order valence-electron chi connectivity index (χ2n) is 5.29. The third-order valence-electron chi connectivity index (χ3n) is 3.52. The fourth-order valence-electron chi connectivity index (χ4n) is 2.33. The molecule has 0 bridgehead atoms. The highest BCUT2D eigenvalue weighted by atomic mass is 19.1. The highest BCUT2D eigenvalue weighted by Crippen LogP contribution is 2.27. The summed E-state index contributed by atoms with van der Waals surface area (Å²) >= 11 is 0. The lowest BCUT2D eigenvalue weighted by molar-refractivity contribution is -0.386. The fourth-order valence-corrected chi connectivity index (χ4v) is 2.33. The number of nitro groups is 1. The predicted octanol–water partition coefficient (Wildman–Crippen LogP) is 5.29. The van der Waals surface area contributed by atoms with Gasteiger partial charge in [0.05, 0.1) is 4.92 Å². The van der Waals surface area contributed by atoms with Crippen LogP contribution in [0, 0.1) is 15.9 Å². The molecule has 0 saturated carbocycles. The van der Waals surface area contributed by atoms with E-state index in [9.17, 15) is 14.5 Å². The van der Waals surface area contributed by atoms with E-state index in [1.165, 1.54) is 44.6 Å². The molecule has 5 heteroatoms. The van der Waals surface area contributed by atoms with Gasteiger partial charge in [0.2, 0.25) is 5.82 Å². The third-order valence-corrected chi connectivity index (χ3v) is 3.52. The van der Waals surface area contributed by atoms with E-state index in [1.54, 1.807) is 6.07 Å². The van der Waals surface area contributed by atoms with Crippen LogP contribution < -0.4 is 5.32 Å². The highest BCUT2D eigenvalue weighted by Gasteiger charge is 2.18. The maximum absolute atomic E-state index is 13.4. The van der Waals surface area contributed by atoms with Crippen LogP contribution in [0.15, 0.2) is 18.2 Å². The van der Waals surface area contributed by atoms with Gasteiger partial charge in [0.15, 0.2) is 0 Å². The molecule has 0 fully saturated rings. The van der Waals surface area contributed by atoms with Crippen LogP contribution in [-0.2, 0) is 0 Å². The topological polar surface area (TPSA) is 55.2 Å². The SMILES string of the molecule is CCCCCCCCCCNc1cccc(F)c1[N+](=O)[O-]. The largest absolute Gasteiger partial charge is 0.379 e. The first-order valence-electron chi connectivity index (χ1n) is 7.83. The Labute approximate surface area is 125 Å². The van der Waals surface area contributed by atoms with Gasteiger partial charge in [-0.3, -0.25) is 10.1 Å². The van der Waals surface area contributed by atoms with Crippen molar-refractivity contribution in [3.05, 3.63) is 34.1 Å². The van der Waals surface area contributed by atoms with Crippen LogP contribution in [0.2, 0.25) is 0 Å². The molecule has 0 atom stereocenters. The van der Waals surface area contributed by atoms with Gasteiger partial charge in [-0.2, -0.15) is 4.39 Å². The number of hydrogen-bond acceptors (Lipinski definition) is 3. The van der Waals surface area contributed by atoms with Gasteiger partial charge < -0.3 is 5.32 Å². The van der Waals surface area contributed by atoms with Crippen LogP contribution in [0.4, 0.5) is 15.8 Å². The van der Waals surface area contributed by atoms with Crippen molar-refractivity contribution in [2.24, 2.45) is 0 Å². The first-order valence-corrected chi connectivity index (χ1v) is 7.83. The summed E-state index contributed by atoms with van der Waals surface area (Å²) in [4.78, 5) is 10.2. The van der Waals surface area contributed by atoms with E-state index >= 15 is 0 Å². The zero-order valence-electron chi connectivity index (χ0n) is 12.7. The van der Waals surface area contributed by atoms with Crippen LogP contribution in [-0.4, -0.2) is 11.5 Å². The minimum Gasteiger partial charge on any atom is -0.379 e. The summed E-state index contributed by atoms with van der Waals surface area (Å²) in [6, 6.07) is 4.14. The second-order valence-corrected chi connectivity index (χ2v) is 5.29. The smallest absolute Gasteiger partial charge is 0.327 e. The van der Waals surface area contributed by atoms with Crippen LogP contribution in [0.1, 0.15) is 58.3 Å². The molecule has 0 unspecified atom stereocenters. The summed E-state index contributed by atoms with van der Waals surface area (Å²) in [5.74, 6) is -0.791. The van der Waals surface area contributed by atoms with E-state index in [1.807, 2.05) is 0 Å². The lowest BCUT2D eigenvalue weighted by Crippen LogP contribution is -2.05. The number of nitrogens with one attached hydrogen (secondary N) is 1. The number of para-hydroxylation sites is 1. The van der Waals surface area contributed by atoms with Gasteiger partial charge in [0.1, 0.15) is 5.69 Å². The van der Waals surface area contributed by atoms with Crippen molar-refractivity contribution in [1.29, 1.82) is 0 Å². The van der Waals surface area contributed by atoms with Gasteiger partial charge in [-0.15, -0.1) is 0 Å². The quantitative estimate of drug-likeness (QED) is 0.343. The molecule has 118 valence electrons. The van der Waals surface area contributed by atoms with Crippen LogP contribution >= 0.6 is 0 Å². The monoisotopic (exact) mass is 296 g/mol. The number of nitro benzene ring substituents is 1. The summed E-state index contributed by atoms with van der Waals surface area (Å²) in [5, 5.41) is 13.8. The Balaban J connectivity index is 2.21. The standard InChI is InChI=1S/C16H25FN2O2/c1-2-3-4-5-6-7-8-9-13-18-15-12-10-11-14(17)16(15)19(20)21/h10-12,18H,2-9,13H2,1H3. The molecule has 0 aliphatic rings. The van der Waals surface area contributed by atoms with Crippen molar-refractivity contribution in [2.75, 3.05) is 11.9 Å². The van der Waals surface area contributed by atoms with Crippen molar-refractivity contribution >= 4 is 11.4 Å². The summed E-state index contributed by atoms with van der Waals surface area (Å²) in [7, 11) is 0. The molecule has 0 saturated heterocycles. The first kappa shape index (κ1) is 17.4. The van der Waals surface area contributed by atoms with Gasteiger partial charge in [0, 0.05) is 6.54 Å². The Morgan fingerprint density at radius 2 is 1.71 bits per heavy atom. The van der Waals surface area contributed by atoms with Crippen LogP contribution in [0.5, 0.6) is 0 Å². The molecule has 1 N–H and O–H groups in total. The molecule has 4 nitrogen and oxygen atoms in total. The Bertz CT molecular complexity index is 438. The predicted molar refractivity (Wildman–Crippen MR) is 84.2 cm³/mol. The molecule has 0 spiro atoms. The average Bonchev–Trinajstić information content (AvgIpc) is 2.45. The Morgan fingerprint density at radius 3 is 2.33 bits per heavy atom. The average molecular weight is 296 g/mol. The zero-order valence-corrected chi connectivity index (χ0v) is 12.7. The van der Waals surface area contributed by atoms with Crippen molar-refractivity contribution in [1.82, 2.24) is 0 Å². The fraction of sp³-hybridized carbons (Fsp3) is 0.625. The number of unbranched alkanes of at least 4 members (excludes halogenated alkanes) is 7. The van der Waals surface area contributed by atoms with Crippen molar-refractivity contribution < 1.29 is 9.31 Å². The van der Waals surface area contributed by atoms with Crippen molar-refractivity contribution in [3.8, 4) is 0 Å². The van der Waals surface area contributed by atoms with Gasteiger partial charge >= 0.3 is 5.69 Å². The van der Waals surface area contributed by atoms with Gasteiger partial charge in [-0.1, -0.05) is 57.9 Å². The van der Waals surface area contributed by atoms with E-state index in [2.05, 4.69) is 12.2 Å². The first-order chi connectivity index (χ1) is 10.2. The Morgan fingerprint density at radius 1 is 1.10 bits per heavy atom. The van der Waals surface area contributed by atoms with Gasteiger partial charge in [-0.25, -0.2) is 0 Å². The van der Waals surface area contributed by atoms with Gasteiger partial charge in [0.25, 0.3) is 0 Å². The molecule has 0 aliphatic carbocycles. The number of halogens is 1. The van der Waals surface area contributed by atoms with E-state index in [4.69, 9.17) is 0 Å². The van der Waals surface area contributed by atoms with Crippen molar-refractivity contribution in [2.45, 2.75) is 58.3 Å². The molecule has 1 aromatic carbocycles. The van der Waals surface area contributed by atoms with E-state index in [-0.39, 0.29) is 5.69 Å². The molecule has 1 rings (SSSR count). The second kappa shape index (κ2) is 10.1. The maximum Gasteiger partial charge on any atom is 0.327 e. The Kier molecular flexibility index (Phi) is 8.40. The molecular formula is C16H25FN2O2. The molecule has 0 aliphatic heterocycles. The zero-order chi connectivity index (χ0) is 15.5. The minimum absolute atomic E-state index is 0.267. The van der Waals surface area contributed by atoms with E-state index in [0.717, 1.165) is 18.9 Å². The molecule has 1 aromatic rings. The summed E-state index contributed by atoms with van der Waals surface area (Å²) < 4.78 is 13.4. The van der Waals surface area contributed by atoms with E-state index < -0.39 is 16.4 Å². The maximum atomic E-state index is 13.4. The summed E-state index contributed by atoms with van der Waals surface area (Å²) in [6.45, 7) is 2.84. The molecule has 21 heavy (non-hydrogen) atoms. The lowest BCUT2D eigenvalue weighted by atomic mass is 10.1. The lowest BCUT2D eigenvalue weighted by Gasteiger charge is -2.07. The molecule has 0 amide bonds. The molecule has 0 heterocycles. The van der Waals surface area contributed by atoms with Crippen LogP contribution in [0.3, 0.4) is 0 Å². The number of nitrogens with zero attached hydrogens (tertiary/aromatic N) is 1. The van der Waals surface area contributed by atoms with E-state index in [0.29, 0.717) is 6.54 Å². The summed E-state index contributed by atoms with van der Waals surface area (Å²) in [6.07, 6.45) is 9.66. The number of hydrogen-bond donors (Lipinski definition) is 1. The molecule has 0 radical (unpaired) electrons. The minimum atomic E-state index is -0.791.